The summed E-state index contributed by atoms with van der Waals surface area (Å²) in [5.74, 6) is 0. The van der Waals surface area contributed by atoms with Crippen molar-refractivity contribution in [1.82, 2.24) is 15.2 Å². The molecule has 1 fully saturated rings. The van der Waals surface area contributed by atoms with Crippen LogP contribution in [-0.2, 0) is 6.54 Å². The molecule has 1 aromatic heterocycles. The van der Waals surface area contributed by atoms with Gasteiger partial charge in [-0.3, -0.25) is 9.88 Å². The molecule has 0 spiro atoms. The van der Waals surface area contributed by atoms with Gasteiger partial charge in [-0.25, -0.2) is 0 Å². The van der Waals surface area contributed by atoms with Crippen LogP contribution in [0.1, 0.15) is 22.9 Å². The molecule has 3 nitrogen and oxygen atoms in total. The number of nitrogens with one attached hydrogen (secondary N) is 1. The van der Waals surface area contributed by atoms with Crippen LogP contribution in [0.3, 0.4) is 0 Å². The standard InChI is InChI=1S/C21H23N3.ClH/c1-16-13-18(19-9-5-6-10-20(19)23-16)15-24-12-11-22-14-21(24)17-7-3-2-4-8-17;/h2-10,13,21-22H,11-12,14-15H2,1H3;1H. The van der Waals surface area contributed by atoms with Crippen LogP contribution in [0.2, 0.25) is 0 Å². The van der Waals surface area contributed by atoms with Crippen LogP contribution in [0.15, 0.2) is 60.7 Å². The highest BCUT2D eigenvalue weighted by atomic mass is 35.5. The van der Waals surface area contributed by atoms with E-state index in [1.807, 2.05) is 0 Å². The molecule has 1 N–H and O–H groups in total. The number of pyridine rings is 1. The zero-order chi connectivity index (χ0) is 16.4. The molecular weight excluding hydrogens is 330 g/mol. The molecule has 0 amide bonds. The lowest BCUT2D eigenvalue weighted by Crippen LogP contribution is -2.45. The molecular formula is C21H24ClN3. The van der Waals surface area contributed by atoms with Crippen molar-refractivity contribution in [2.45, 2.75) is 19.5 Å². The van der Waals surface area contributed by atoms with Gasteiger partial charge in [-0.15, -0.1) is 12.4 Å². The number of benzene rings is 2. The number of para-hydroxylation sites is 1. The van der Waals surface area contributed by atoms with Gasteiger partial charge in [0.25, 0.3) is 0 Å². The molecule has 2 aromatic carbocycles. The van der Waals surface area contributed by atoms with Gasteiger partial charge >= 0.3 is 0 Å². The summed E-state index contributed by atoms with van der Waals surface area (Å²) in [6, 6.07) is 22.0. The summed E-state index contributed by atoms with van der Waals surface area (Å²) in [6.45, 7) is 6.17. The fourth-order valence-electron chi connectivity index (χ4n) is 3.68. The summed E-state index contributed by atoms with van der Waals surface area (Å²) in [4.78, 5) is 7.27. The highest BCUT2D eigenvalue weighted by Crippen LogP contribution is 2.26. The zero-order valence-corrected chi connectivity index (χ0v) is 15.3. The molecule has 1 unspecified atom stereocenters. The van der Waals surface area contributed by atoms with Crippen LogP contribution in [0.5, 0.6) is 0 Å². The smallest absolute Gasteiger partial charge is 0.0708 e. The lowest BCUT2D eigenvalue weighted by Gasteiger charge is -2.36. The number of aromatic nitrogens is 1. The van der Waals surface area contributed by atoms with Crippen LogP contribution in [0, 0.1) is 6.92 Å². The monoisotopic (exact) mass is 353 g/mol. The molecule has 130 valence electrons. The van der Waals surface area contributed by atoms with Crippen LogP contribution < -0.4 is 5.32 Å². The van der Waals surface area contributed by atoms with E-state index in [1.165, 1.54) is 16.5 Å². The van der Waals surface area contributed by atoms with E-state index in [0.29, 0.717) is 6.04 Å². The number of fused-ring (bicyclic) bond motifs is 1. The van der Waals surface area contributed by atoms with E-state index in [1.54, 1.807) is 0 Å². The van der Waals surface area contributed by atoms with Crippen molar-refractivity contribution in [3.05, 3.63) is 77.5 Å². The highest BCUT2D eigenvalue weighted by Gasteiger charge is 2.24. The topological polar surface area (TPSA) is 28.2 Å². The summed E-state index contributed by atoms with van der Waals surface area (Å²) in [5.41, 5.74) is 4.95. The quantitative estimate of drug-likeness (QED) is 0.768. The van der Waals surface area contributed by atoms with Crippen molar-refractivity contribution in [1.29, 1.82) is 0 Å². The van der Waals surface area contributed by atoms with E-state index in [9.17, 15) is 0 Å². The second kappa shape index (κ2) is 7.96. The van der Waals surface area contributed by atoms with E-state index in [4.69, 9.17) is 0 Å². The van der Waals surface area contributed by atoms with E-state index in [2.05, 4.69) is 82.8 Å². The molecule has 4 rings (SSSR count). The second-order valence-electron chi connectivity index (χ2n) is 6.54. The molecule has 3 aromatic rings. The van der Waals surface area contributed by atoms with Gasteiger partial charge in [-0.1, -0.05) is 48.5 Å². The maximum Gasteiger partial charge on any atom is 0.0708 e. The molecule has 4 heteroatoms. The van der Waals surface area contributed by atoms with Crippen LogP contribution in [0.25, 0.3) is 10.9 Å². The fourth-order valence-corrected chi connectivity index (χ4v) is 3.68. The maximum atomic E-state index is 4.68. The third kappa shape index (κ3) is 3.84. The van der Waals surface area contributed by atoms with E-state index >= 15 is 0 Å². The lowest BCUT2D eigenvalue weighted by molar-refractivity contribution is 0.154. The van der Waals surface area contributed by atoms with Crippen LogP contribution >= 0.6 is 12.4 Å². The largest absolute Gasteiger partial charge is 0.314 e. The first-order valence-electron chi connectivity index (χ1n) is 8.66. The Morgan fingerprint density at radius 2 is 1.84 bits per heavy atom. The number of hydrogen-bond donors (Lipinski definition) is 1. The predicted octanol–water partition coefficient (Wildman–Crippen LogP) is 4.11. The average molecular weight is 354 g/mol. The summed E-state index contributed by atoms with van der Waals surface area (Å²) < 4.78 is 0. The van der Waals surface area contributed by atoms with Gasteiger partial charge in [0.15, 0.2) is 0 Å². The Kier molecular flexibility index (Phi) is 5.69. The van der Waals surface area contributed by atoms with Gasteiger partial charge in [-0.05, 0) is 30.2 Å². The number of rotatable bonds is 3. The Hall–Kier alpha value is -1.94. The normalized spacial score (nSPS) is 18.0. The highest BCUT2D eigenvalue weighted by molar-refractivity contribution is 5.85. The van der Waals surface area contributed by atoms with Gasteiger partial charge in [0, 0.05) is 43.3 Å². The zero-order valence-electron chi connectivity index (χ0n) is 14.5. The number of halogens is 1. The second-order valence-corrected chi connectivity index (χ2v) is 6.54. The van der Waals surface area contributed by atoms with Gasteiger partial charge in [-0.2, -0.15) is 0 Å². The summed E-state index contributed by atoms with van der Waals surface area (Å²) >= 11 is 0. The van der Waals surface area contributed by atoms with Crippen molar-refractivity contribution < 1.29 is 0 Å². The molecule has 0 radical (unpaired) electrons. The number of nitrogens with zero attached hydrogens (tertiary/aromatic N) is 2. The van der Waals surface area contributed by atoms with Crippen molar-refractivity contribution in [3.8, 4) is 0 Å². The minimum atomic E-state index is 0. The summed E-state index contributed by atoms with van der Waals surface area (Å²) in [7, 11) is 0. The minimum Gasteiger partial charge on any atom is -0.314 e. The lowest BCUT2D eigenvalue weighted by atomic mass is 10.0. The van der Waals surface area contributed by atoms with Crippen molar-refractivity contribution in [2.75, 3.05) is 19.6 Å². The predicted molar refractivity (Wildman–Crippen MR) is 106 cm³/mol. The molecule has 0 saturated carbocycles. The van der Waals surface area contributed by atoms with Crippen molar-refractivity contribution in [3.63, 3.8) is 0 Å². The molecule has 0 aliphatic carbocycles. The van der Waals surface area contributed by atoms with Crippen LogP contribution in [0.4, 0.5) is 0 Å². The molecule has 1 atom stereocenters. The van der Waals surface area contributed by atoms with Crippen LogP contribution in [-0.4, -0.2) is 29.5 Å². The molecule has 1 aliphatic rings. The summed E-state index contributed by atoms with van der Waals surface area (Å²) in [5, 5.41) is 4.82. The molecule has 25 heavy (non-hydrogen) atoms. The van der Waals surface area contributed by atoms with Gasteiger partial charge in [0.2, 0.25) is 0 Å². The Bertz CT molecular complexity index is 835. The average Bonchev–Trinajstić information content (AvgIpc) is 2.63. The fraction of sp³-hybridized carbons (Fsp3) is 0.286. The SMILES string of the molecule is Cc1cc(CN2CCNCC2c2ccccc2)c2ccccc2n1.Cl. The Morgan fingerprint density at radius 3 is 2.68 bits per heavy atom. The van der Waals surface area contributed by atoms with Gasteiger partial charge < -0.3 is 5.32 Å². The maximum absolute atomic E-state index is 4.68. The molecule has 0 bridgehead atoms. The van der Waals surface area contributed by atoms with Gasteiger partial charge in [0.1, 0.15) is 0 Å². The number of aryl methyl sites for hydroxylation is 1. The third-order valence-electron chi connectivity index (χ3n) is 4.84. The number of piperazine rings is 1. The molecule has 1 aliphatic heterocycles. The third-order valence-corrected chi connectivity index (χ3v) is 4.84. The van der Waals surface area contributed by atoms with E-state index in [0.717, 1.165) is 37.4 Å². The Labute approximate surface area is 155 Å². The first kappa shape index (κ1) is 17.9. The van der Waals surface area contributed by atoms with Gasteiger partial charge in [0.05, 0.1) is 5.52 Å². The first-order chi connectivity index (χ1) is 11.8. The summed E-state index contributed by atoms with van der Waals surface area (Å²) in [6.07, 6.45) is 0. The van der Waals surface area contributed by atoms with Crippen molar-refractivity contribution in [2.24, 2.45) is 0 Å². The molecule has 1 saturated heterocycles. The Morgan fingerprint density at radius 1 is 1.08 bits per heavy atom. The molecule has 2 heterocycles. The van der Waals surface area contributed by atoms with E-state index in [-0.39, 0.29) is 12.4 Å². The minimum absolute atomic E-state index is 0. The Balaban J connectivity index is 0.00000182. The first-order valence-corrected chi connectivity index (χ1v) is 8.66. The van der Waals surface area contributed by atoms with E-state index < -0.39 is 0 Å². The number of hydrogen-bond acceptors (Lipinski definition) is 3. The van der Waals surface area contributed by atoms with Crippen molar-refractivity contribution >= 4 is 23.3 Å².